The lowest BCUT2D eigenvalue weighted by atomic mass is 10.0. The van der Waals surface area contributed by atoms with Crippen LogP contribution >= 0.6 is 23.4 Å². The molecule has 1 atom stereocenters. The smallest absolute Gasteiger partial charge is 0.255 e. The van der Waals surface area contributed by atoms with Crippen LogP contribution < -0.4 is 5.32 Å². The Morgan fingerprint density at radius 3 is 2.96 bits per heavy atom. The molecule has 2 aromatic rings. The summed E-state index contributed by atoms with van der Waals surface area (Å²) in [6, 6.07) is 6.69. The van der Waals surface area contributed by atoms with Gasteiger partial charge in [-0.1, -0.05) is 23.7 Å². The molecule has 1 saturated heterocycles. The van der Waals surface area contributed by atoms with Crippen molar-refractivity contribution in [2.75, 3.05) is 37.4 Å². The number of anilines is 1. The van der Waals surface area contributed by atoms with Gasteiger partial charge in [0, 0.05) is 29.9 Å². The molecule has 0 radical (unpaired) electrons. The fourth-order valence-electron chi connectivity index (χ4n) is 3.31. The van der Waals surface area contributed by atoms with Gasteiger partial charge in [-0.3, -0.25) is 4.79 Å². The van der Waals surface area contributed by atoms with Gasteiger partial charge in [0.15, 0.2) is 0 Å². The standard InChI is InChI=1S/C19H19ClFN3O2S/c20-14-10-12(19(25)24-5-7-26-8-6-24)11-22-18(14)23-16-4-9-27-17-13(16)2-1-3-15(17)21/h1-3,10-11,16H,4-9H2,(H,22,23). The van der Waals surface area contributed by atoms with Crippen LogP contribution in [0.5, 0.6) is 0 Å². The van der Waals surface area contributed by atoms with Crippen molar-refractivity contribution in [1.29, 1.82) is 0 Å². The van der Waals surface area contributed by atoms with Crippen LogP contribution in [0.4, 0.5) is 10.2 Å². The SMILES string of the molecule is O=C(c1cnc(NC2CCSc3c(F)cccc32)c(Cl)c1)N1CCOCC1. The molecule has 0 saturated carbocycles. The highest BCUT2D eigenvalue weighted by Gasteiger charge is 2.25. The van der Waals surface area contributed by atoms with E-state index in [1.54, 1.807) is 17.0 Å². The van der Waals surface area contributed by atoms with Crippen LogP contribution in [0, 0.1) is 5.82 Å². The average molecular weight is 408 g/mol. The summed E-state index contributed by atoms with van der Waals surface area (Å²) < 4.78 is 19.3. The van der Waals surface area contributed by atoms with E-state index in [1.165, 1.54) is 24.0 Å². The number of halogens is 2. The van der Waals surface area contributed by atoms with Gasteiger partial charge in [-0.15, -0.1) is 11.8 Å². The number of nitrogens with one attached hydrogen (secondary N) is 1. The lowest BCUT2D eigenvalue weighted by Gasteiger charge is -2.28. The van der Waals surface area contributed by atoms with E-state index in [9.17, 15) is 9.18 Å². The molecule has 0 aliphatic carbocycles. The Bertz CT molecular complexity index is 861. The van der Waals surface area contributed by atoms with Crippen LogP contribution in [0.1, 0.15) is 28.4 Å². The van der Waals surface area contributed by atoms with E-state index < -0.39 is 0 Å². The molecule has 4 rings (SSSR count). The predicted octanol–water partition coefficient (Wildman–Crippen LogP) is 4.00. The zero-order valence-electron chi connectivity index (χ0n) is 14.6. The maximum Gasteiger partial charge on any atom is 0.255 e. The molecular formula is C19H19ClFN3O2S. The van der Waals surface area contributed by atoms with Crippen LogP contribution in [-0.2, 0) is 4.74 Å². The molecule has 27 heavy (non-hydrogen) atoms. The molecule has 2 aliphatic heterocycles. The summed E-state index contributed by atoms with van der Waals surface area (Å²) in [4.78, 5) is 19.3. The van der Waals surface area contributed by atoms with Crippen LogP contribution in [0.3, 0.4) is 0 Å². The molecule has 5 nitrogen and oxygen atoms in total. The highest BCUT2D eigenvalue weighted by molar-refractivity contribution is 7.99. The highest BCUT2D eigenvalue weighted by Crippen LogP contribution is 2.39. The molecule has 1 N–H and O–H groups in total. The lowest BCUT2D eigenvalue weighted by molar-refractivity contribution is 0.0302. The molecule has 0 bridgehead atoms. The second-order valence-corrected chi connectivity index (χ2v) is 7.96. The summed E-state index contributed by atoms with van der Waals surface area (Å²) in [5, 5.41) is 3.69. The Morgan fingerprint density at radius 1 is 1.37 bits per heavy atom. The molecule has 142 valence electrons. The van der Waals surface area contributed by atoms with Crippen molar-refractivity contribution in [3.63, 3.8) is 0 Å². The first-order valence-corrected chi connectivity index (χ1v) is 10.2. The Kier molecular flexibility index (Phi) is 5.52. The summed E-state index contributed by atoms with van der Waals surface area (Å²) in [5.41, 5.74) is 1.37. The predicted molar refractivity (Wildman–Crippen MR) is 104 cm³/mol. The number of benzene rings is 1. The zero-order chi connectivity index (χ0) is 18.8. The summed E-state index contributed by atoms with van der Waals surface area (Å²) in [5.74, 6) is 1.02. The van der Waals surface area contributed by atoms with Gasteiger partial charge in [0.2, 0.25) is 0 Å². The van der Waals surface area contributed by atoms with Gasteiger partial charge in [0.05, 0.1) is 29.8 Å². The molecule has 1 fully saturated rings. The Morgan fingerprint density at radius 2 is 2.19 bits per heavy atom. The molecule has 1 unspecified atom stereocenters. The summed E-state index contributed by atoms with van der Waals surface area (Å²) in [7, 11) is 0. The first kappa shape index (κ1) is 18.5. The first-order chi connectivity index (χ1) is 13.1. The fraction of sp³-hybridized carbons (Fsp3) is 0.368. The Hall–Kier alpha value is -1.83. The second kappa shape index (κ2) is 8.04. The summed E-state index contributed by atoms with van der Waals surface area (Å²) >= 11 is 7.92. The third-order valence-corrected chi connectivity index (χ3v) is 6.17. The topological polar surface area (TPSA) is 54.5 Å². The number of amides is 1. The molecule has 8 heteroatoms. The Labute approximate surface area is 166 Å². The minimum Gasteiger partial charge on any atom is -0.378 e. The van der Waals surface area contributed by atoms with Crippen molar-refractivity contribution in [2.45, 2.75) is 17.4 Å². The van der Waals surface area contributed by atoms with Crippen LogP contribution in [0.25, 0.3) is 0 Å². The molecule has 1 aromatic carbocycles. The highest BCUT2D eigenvalue weighted by atomic mass is 35.5. The molecule has 0 spiro atoms. The minimum absolute atomic E-state index is 0.0669. The van der Waals surface area contributed by atoms with Crippen molar-refractivity contribution in [1.82, 2.24) is 9.88 Å². The third kappa shape index (κ3) is 3.90. The molecular weight excluding hydrogens is 389 g/mol. The van der Waals surface area contributed by atoms with E-state index in [0.29, 0.717) is 47.6 Å². The van der Waals surface area contributed by atoms with Gasteiger partial charge in [-0.05, 0) is 24.1 Å². The van der Waals surface area contributed by atoms with Crippen LogP contribution in [0.15, 0.2) is 35.4 Å². The van der Waals surface area contributed by atoms with Gasteiger partial charge < -0.3 is 15.0 Å². The van der Waals surface area contributed by atoms with Gasteiger partial charge in [0.25, 0.3) is 5.91 Å². The number of rotatable bonds is 3. The van der Waals surface area contributed by atoms with Crippen molar-refractivity contribution in [3.8, 4) is 0 Å². The fourth-order valence-corrected chi connectivity index (χ4v) is 4.67. The molecule has 1 amide bonds. The van der Waals surface area contributed by atoms with E-state index in [1.807, 2.05) is 6.07 Å². The summed E-state index contributed by atoms with van der Waals surface area (Å²) in [6.07, 6.45) is 2.38. The van der Waals surface area contributed by atoms with E-state index >= 15 is 0 Å². The molecule has 1 aromatic heterocycles. The van der Waals surface area contributed by atoms with Gasteiger partial charge in [0.1, 0.15) is 11.6 Å². The minimum atomic E-state index is -0.200. The van der Waals surface area contributed by atoms with Crippen molar-refractivity contribution < 1.29 is 13.9 Å². The van der Waals surface area contributed by atoms with E-state index in [2.05, 4.69) is 10.3 Å². The second-order valence-electron chi connectivity index (χ2n) is 6.45. The number of fused-ring (bicyclic) bond motifs is 1. The molecule has 2 aliphatic rings. The average Bonchev–Trinajstić information content (AvgIpc) is 2.70. The number of nitrogens with zero attached hydrogens (tertiary/aromatic N) is 2. The van der Waals surface area contributed by atoms with E-state index in [-0.39, 0.29) is 17.8 Å². The first-order valence-electron chi connectivity index (χ1n) is 8.84. The number of carbonyl (C=O) groups is 1. The molecule has 3 heterocycles. The Balaban J connectivity index is 1.53. The van der Waals surface area contributed by atoms with Gasteiger partial charge in [-0.25, -0.2) is 9.37 Å². The number of carbonyl (C=O) groups excluding carboxylic acids is 1. The van der Waals surface area contributed by atoms with Crippen molar-refractivity contribution >= 4 is 35.1 Å². The van der Waals surface area contributed by atoms with Gasteiger partial charge >= 0.3 is 0 Å². The quantitative estimate of drug-likeness (QED) is 0.833. The number of morpholine rings is 1. The lowest BCUT2D eigenvalue weighted by Crippen LogP contribution is -2.40. The number of pyridine rings is 1. The van der Waals surface area contributed by atoms with E-state index in [0.717, 1.165) is 17.7 Å². The number of aromatic nitrogens is 1. The van der Waals surface area contributed by atoms with Crippen molar-refractivity contribution in [3.05, 3.63) is 52.4 Å². The monoisotopic (exact) mass is 407 g/mol. The normalized spacial score (nSPS) is 19.5. The largest absolute Gasteiger partial charge is 0.378 e. The van der Waals surface area contributed by atoms with Crippen molar-refractivity contribution in [2.24, 2.45) is 0 Å². The van der Waals surface area contributed by atoms with E-state index in [4.69, 9.17) is 16.3 Å². The number of ether oxygens (including phenoxy) is 1. The number of thioether (sulfide) groups is 1. The number of hydrogen-bond acceptors (Lipinski definition) is 5. The zero-order valence-corrected chi connectivity index (χ0v) is 16.2. The summed E-state index contributed by atoms with van der Waals surface area (Å²) in [6.45, 7) is 2.22. The van der Waals surface area contributed by atoms with Crippen LogP contribution in [-0.4, -0.2) is 47.8 Å². The maximum atomic E-state index is 14.0. The maximum absolute atomic E-state index is 14.0. The number of hydrogen-bond donors (Lipinski definition) is 1. The third-order valence-electron chi connectivity index (χ3n) is 4.72. The van der Waals surface area contributed by atoms with Crippen LogP contribution in [0.2, 0.25) is 5.02 Å². The van der Waals surface area contributed by atoms with Gasteiger partial charge in [-0.2, -0.15) is 0 Å².